The normalized spacial score (nSPS) is 25.7. The summed E-state index contributed by atoms with van der Waals surface area (Å²) in [4.78, 5) is 10.9. The van der Waals surface area contributed by atoms with E-state index in [9.17, 15) is 13.2 Å². The van der Waals surface area contributed by atoms with Gasteiger partial charge < -0.3 is 15.4 Å². The van der Waals surface area contributed by atoms with Crippen LogP contribution in [0.25, 0.3) is 0 Å². The molecular weight excluding hydrogens is 258 g/mol. The second-order valence-electron chi connectivity index (χ2n) is 4.40. The zero-order valence-corrected chi connectivity index (χ0v) is 11.8. The molecule has 8 heteroatoms. The number of nitrogens with zero attached hydrogens (tertiary/aromatic N) is 1. The minimum Gasteiger partial charge on any atom is -0.373 e. The fourth-order valence-corrected chi connectivity index (χ4v) is 3.36. The van der Waals surface area contributed by atoms with Crippen LogP contribution in [0, 0.1) is 0 Å². The van der Waals surface area contributed by atoms with Crippen molar-refractivity contribution >= 4 is 16.1 Å². The van der Waals surface area contributed by atoms with Gasteiger partial charge in [-0.05, 0) is 13.8 Å². The summed E-state index contributed by atoms with van der Waals surface area (Å²) in [7, 11) is -1.86. The number of sulfonamides is 1. The Kier molecular flexibility index (Phi) is 5.36. The van der Waals surface area contributed by atoms with Crippen LogP contribution in [0.5, 0.6) is 0 Å². The Hall–Kier alpha value is -0.860. The van der Waals surface area contributed by atoms with Crippen LogP contribution in [0.4, 0.5) is 4.79 Å². The molecule has 0 aromatic heterocycles. The molecule has 18 heavy (non-hydrogen) atoms. The van der Waals surface area contributed by atoms with E-state index in [4.69, 9.17) is 4.74 Å². The van der Waals surface area contributed by atoms with Crippen molar-refractivity contribution in [3.8, 4) is 0 Å². The zero-order valence-electron chi connectivity index (χ0n) is 11.0. The van der Waals surface area contributed by atoms with Crippen LogP contribution in [0.2, 0.25) is 0 Å². The van der Waals surface area contributed by atoms with E-state index in [-0.39, 0.29) is 30.5 Å². The monoisotopic (exact) mass is 279 g/mol. The van der Waals surface area contributed by atoms with Crippen LogP contribution in [-0.2, 0) is 14.8 Å². The third-order valence-electron chi connectivity index (χ3n) is 2.65. The van der Waals surface area contributed by atoms with E-state index in [1.165, 1.54) is 11.4 Å². The van der Waals surface area contributed by atoms with Gasteiger partial charge in [-0.25, -0.2) is 13.2 Å². The Morgan fingerprint density at radius 2 is 1.89 bits per heavy atom. The van der Waals surface area contributed by atoms with Gasteiger partial charge in [0.2, 0.25) is 10.0 Å². The number of amides is 2. The molecule has 1 aliphatic heterocycles. The lowest BCUT2D eigenvalue weighted by Gasteiger charge is -2.34. The number of morpholine rings is 1. The maximum atomic E-state index is 12.0. The summed E-state index contributed by atoms with van der Waals surface area (Å²) in [6.45, 7) is 4.53. The van der Waals surface area contributed by atoms with Gasteiger partial charge in [0.1, 0.15) is 0 Å². The van der Waals surface area contributed by atoms with Crippen molar-refractivity contribution in [1.29, 1.82) is 0 Å². The van der Waals surface area contributed by atoms with Gasteiger partial charge in [0.15, 0.2) is 0 Å². The molecule has 0 bridgehead atoms. The standard InChI is InChI=1S/C10H21N3O4S/c1-8-6-13(7-9(2)17-8)18(15,16)5-4-12-10(14)11-3/h8-9H,4-7H2,1-3H3,(H2,11,12,14)/t8-,9+. The number of ether oxygens (including phenoxy) is 1. The minimum atomic E-state index is -3.34. The first-order valence-electron chi connectivity index (χ1n) is 5.94. The lowest BCUT2D eigenvalue weighted by Crippen LogP contribution is -2.50. The number of rotatable bonds is 4. The number of hydrogen-bond donors (Lipinski definition) is 2. The van der Waals surface area contributed by atoms with E-state index >= 15 is 0 Å². The quantitative estimate of drug-likeness (QED) is 0.716. The number of urea groups is 1. The van der Waals surface area contributed by atoms with Crippen molar-refractivity contribution in [3.05, 3.63) is 0 Å². The van der Waals surface area contributed by atoms with Gasteiger partial charge in [-0.15, -0.1) is 0 Å². The first-order chi connectivity index (χ1) is 8.35. The average molecular weight is 279 g/mol. The summed E-state index contributed by atoms with van der Waals surface area (Å²) in [5, 5.41) is 4.83. The number of nitrogens with one attached hydrogen (secondary N) is 2. The molecular formula is C10H21N3O4S. The Bertz CT molecular complexity index is 375. The van der Waals surface area contributed by atoms with Crippen LogP contribution in [0.15, 0.2) is 0 Å². The highest BCUT2D eigenvalue weighted by molar-refractivity contribution is 7.89. The van der Waals surface area contributed by atoms with E-state index in [1.807, 2.05) is 13.8 Å². The van der Waals surface area contributed by atoms with Gasteiger partial charge in [-0.1, -0.05) is 0 Å². The molecule has 1 rings (SSSR count). The van der Waals surface area contributed by atoms with Gasteiger partial charge in [-0.2, -0.15) is 4.31 Å². The molecule has 106 valence electrons. The Morgan fingerprint density at radius 1 is 1.33 bits per heavy atom. The zero-order chi connectivity index (χ0) is 13.8. The molecule has 0 saturated carbocycles. The Balaban J connectivity index is 2.50. The largest absolute Gasteiger partial charge is 0.373 e. The molecule has 1 fully saturated rings. The predicted molar refractivity (Wildman–Crippen MR) is 67.8 cm³/mol. The smallest absolute Gasteiger partial charge is 0.314 e. The molecule has 0 radical (unpaired) electrons. The molecule has 2 amide bonds. The number of carbonyl (C=O) groups excluding carboxylic acids is 1. The number of carbonyl (C=O) groups is 1. The molecule has 1 heterocycles. The Labute approximate surface area is 108 Å². The first kappa shape index (κ1) is 15.2. The van der Waals surface area contributed by atoms with Gasteiger partial charge in [0.25, 0.3) is 0 Å². The first-order valence-corrected chi connectivity index (χ1v) is 7.55. The van der Waals surface area contributed by atoms with Crippen molar-refractivity contribution in [2.75, 3.05) is 32.4 Å². The predicted octanol–water partition coefficient (Wildman–Crippen LogP) is -0.646. The van der Waals surface area contributed by atoms with E-state index in [0.717, 1.165) is 0 Å². The van der Waals surface area contributed by atoms with Crippen molar-refractivity contribution < 1.29 is 17.9 Å². The molecule has 0 aliphatic carbocycles. The van der Waals surface area contributed by atoms with Crippen LogP contribution in [0.1, 0.15) is 13.8 Å². The number of hydrogen-bond acceptors (Lipinski definition) is 4. The van der Waals surface area contributed by atoms with E-state index in [0.29, 0.717) is 13.1 Å². The lowest BCUT2D eigenvalue weighted by molar-refractivity contribution is -0.0440. The van der Waals surface area contributed by atoms with E-state index in [2.05, 4.69) is 10.6 Å². The molecule has 7 nitrogen and oxygen atoms in total. The van der Waals surface area contributed by atoms with Crippen molar-refractivity contribution in [3.63, 3.8) is 0 Å². The molecule has 0 spiro atoms. The SMILES string of the molecule is CNC(=O)NCCS(=O)(=O)N1C[C@@H](C)O[C@@H](C)C1. The summed E-state index contributed by atoms with van der Waals surface area (Å²) >= 11 is 0. The summed E-state index contributed by atoms with van der Waals surface area (Å²) in [5.74, 6) is -0.0974. The van der Waals surface area contributed by atoms with Crippen molar-refractivity contribution in [2.24, 2.45) is 0 Å². The molecule has 1 saturated heterocycles. The molecule has 2 N–H and O–H groups in total. The third kappa shape index (κ3) is 4.43. The average Bonchev–Trinajstić information content (AvgIpc) is 2.27. The third-order valence-corrected chi connectivity index (χ3v) is 4.46. The molecule has 0 unspecified atom stereocenters. The molecule has 1 aliphatic rings. The highest BCUT2D eigenvalue weighted by Gasteiger charge is 2.30. The van der Waals surface area contributed by atoms with Gasteiger partial charge >= 0.3 is 6.03 Å². The maximum absolute atomic E-state index is 12.0. The van der Waals surface area contributed by atoms with Gasteiger partial charge in [0.05, 0.1) is 18.0 Å². The van der Waals surface area contributed by atoms with Crippen LogP contribution >= 0.6 is 0 Å². The second-order valence-corrected chi connectivity index (χ2v) is 6.48. The summed E-state index contributed by atoms with van der Waals surface area (Å²) in [6, 6.07) is -0.381. The van der Waals surface area contributed by atoms with Crippen molar-refractivity contribution in [1.82, 2.24) is 14.9 Å². The highest BCUT2D eigenvalue weighted by Crippen LogP contribution is 2.14. The van der Waals surface area contributed by atoms with Gasteiger partial charge in [-0.3, -0.25) is 0 Å². The van der Waals surface area contributed by atoms with E-state index < -0.39 is 10.0 Å². The van der Waals surface area contributed by atoms with Crippen LogP contribution in [0.3, 0.4) is 0 Å². The summed E-state index contributed by atoms with van der Waals surface area (Å²) < 4.78 is 31.0. The van der Waals surface area contributed by atoms with Crippen LogP contribution < -0.4 is 10.6 Å². The van der Waals surface area contributed by atoms with Crippen LogP contribution in [-0.4, -0.2) is 63.4 Å². The fourth-order valence-electron chi connectivity index (χ4n) is 1.87. The van der Waals surface area contributed by atoms with Gasteiger partial charge in [0, 0.05) is 26.7 Å². The summed E-state index contributed by atoms with van der Waals surface area (Å²) in [6.07, 6.45) is -0.203. The molecule has 0 aromatic rings. The topological polar surface area (TPSA) is 87.7 Å². The lowest BCUT2D eigenvalue weighted by atomic mass is 10.3. The Morgan fingerprint density at radius 3 is 2.39 bits per heavy atom. The molecule has 0 aromatic carbocycles. The highest BCUT2D eigenvalue weighted by atomic mass is 32.2. The molecule has 2 atom stereocenters. The fraction of sp³-hybridized carbons (Fsp3) is 0.900. The second kappa shape index (κ2) is 6.35. The van der Waals surface area contributed by atoms with Crippen molar-refractivity contribution in [2.45, 2.75) is 26.1 Å². The summed E-state index contributed by atoms with van der Waals surface area (Å²) in [5.41, 5.74) is 0. The minimum absolute atomic E-state index is 0.0974. The maximum Gasteiger partial charge on any atom is 0.314 e. The van der Waals surface area contributed by atoms with E-state index in [1.54, 1.807) is 0 Å².